The Labute approximate surface area is 416 Å². The highest BCUT2D eigenvalue weighted by Gasteiger charge is 2.19. The van der Waals surface area contributed by atoms with Gasteiger partial charge in [0, 0.05) is 19.3 Å². The molecule has 0 amide bonds. The Morgan fingerprint density at radius 1 is 0.299 bits per heavy atom. The molecule has 0 aromatic carbocycles. The summed E-state index contributed by atoms with van der Waals surface area (Å²) in [6.45, 7) is 6.63. The molecule has 0 aliphatic carbocycles. The smallest absolute Gasteiger partial charge is 0.306 e. The number of allylic oxidation sites excluding steroid dienone is 6. The lowest BCUT2D eigenvalue weighted by molar-refractivity contribution is -0.167. The van der Waals surface area contributed by atoms with Crippen molar-refractivity contribution in [3.05, 3.63) is 36.5 Å². The lowest BCUT2D eigenvalue weighted by Crippen LogP contribution is -2.30. The molecule has 0 saturated heterocycles. The van der Waals surface area contributed by atoms with E-state index in [1.807, 2.05) is 0 Å². The van der Waals surface area contributed by atoms with Crippen LogP contribution in [0.5, 0.6) is 0 Å². The standard InChI is InChI=1S/C61H112O6/c1-4-7-10-13-16-19-22-25-27-29-30-32-33-36-39-42-45-48-51-54-60(63)66-57-58(56-65-59(62)53-50-47-44-41-38-35-24-21-18-15-12-9-6-3)67-61(64)55-52-49-46-43-40-37-34-31-28-26-23-20-17-14-11-8-5-2/h16,19,21,24-25,27,58H,4-15,17-18,20,22-23,26,28-57H2,1-3H3/b19-16+,24-21+,27-25+/t58-/m1/s1. The summed E-state index contributed by atoms with van der Waals surface area (Å²) in [5.41, 5.74) is 0. The monoisotopic (exact) mass is 941 g/mol. The van der Waals surface area contributed by atoms with E-state index >= 15 is 0 Å². The van der Waals surface area contributed by atoms with Gasteiger partial charge in [0.1, 0.15) is 13.2 Å². The average Bonchev–Trinajstić information content (AvgIpc) is 3.33. The van der Waals surface area contributed by atoms with Gasteiger partial charge in [-0.3, -0.25) is 14.4 Å². The van der Waals surface area contributed by atoms with Gasteiger partial charge in [-0.1, -0.05) is 256 Å². The van der Waals surface area contributed by atoms with Crippen LogP contribution in [0.4, 0.5) is 0 Å². The third-order valence-electron chi connectivity index (χ3n) is 13.1. The first kappa shape index (κ1) is 64.6. The van der Waals surface area contributed by atoms with Crippen molar-refractivity contribution in [2.75, 3.05) is 13.2 Å². The quantitative estimate of drug-likeness (QED) is 0.0262. The maximum Gasteiger partial charge on any atom is 0.306 e. The van der Waals surface area contributed by atoms with E-state index in [1.165, 1.54) is 205 Å². The van der Waals surface area contributed by atoms with Crippen LogP contribution in [0.3, 0.4) is 0 Å². The Hall–Kier alpha value is -2.37. The van der Waals surface area contributed by atoms with Crippen LogP contribution < -0.4 is 0 Å². The Balaban J connectivity index is 4.33. The molecule has 0 radical (unpaired) electrons. The SMILES string of the molecule is CCCCC/C=C/C/C=C/CCCCCCCCCCCC(=O)OC[C@@H](COC(=O)CCCCCCC/C=C/CCCCCC)OC(=O)CCCCCCCCCCCCCCCCCCC. The number of hydrogen-bond acceptors (Lipinski definition) is 6. The second kappa shape index (κ2) is 56.2. The summed E-state index contributed by atoms with van der Waals surface area (Å²) >= 11 is 0. The number of carbonyl (C=O) groups is 3. The Bertz CT molecular complexity index is 1130. The van der Waals surface area contributed by atoms with E-state index in [1.54, 1.807) is 0 Å². The number of hydrogen-bond donors (Lipinski definition) is 0. The van der Waals surface area contributed by atoms with Gasteiger partial charge in [-0.05, 0) is 77.0 Å². The minimum absolute atomic E-state index is 0.0734. The zero-order valence-corrected chi connectivity index (χ0v) is 44.9. The number of rotatable bonds is 54. The van der Waals surface area contributed by atoms with Gasteiger partial charge in [0.15, 0.2) is 6.10 Å². The number of unbranched alkanes of at least 4 members (excludes halogenated alkanes) is 37. The average molecular weight is 942 g/mol. The van der Waals surface area contributed by atoms with Crippen molar-refractivity contribution in [2.24, 2.45) is 0 Å². The maximum absolute atomic E-state index is 12.9. The van der Waals surface area contributed by atoms with E-state index in [-0.39, 0.29) is 31.1 Å². The molecule has 0 rings (SSSR count). The van der Waals surface area contributed by atoms with Gasteiger partial charge in [0.2, 0.25) is 0 Å². The Kier molecular flexibility index (Phi) is 54.2. The first-order valence-corrected chi connectivity index (χ1v) is 29.5. The van der Waals surface area contributed by atoms with Gasteiger partial charge < -0.3 is 14.2 Å². The minimum atomic E-state index is -0.774. The van der Waals surface area contributed by atoms with Gasteiger partial charge >= 0.3 is 17.9 Å². The van der Waals surface area contributed by atoms with Crippen LogP contribution >= 0.6 is 0 Å². The van der Waals surface area contributed by atoms with E-state index in [9.17, 15) is 14.4 Å². The van der Waals surface area contributed by atoms with Crippen LogP contribution in [0, 0.1) is 0 Å². The van der Waals surface area contributed by atoms with E-state index in [0.29, 0.717) is 19.3 Å². The van der Waals surface area contributed by atoms with Crippen LogP contribution in [0.2, 0.25) is 0 Å². The lowest BCUT2D eigenvalue weighted by Gasteiger charge is -2.18. The highest BCUT2D eigenvalue weighted by Crippen LogP contribution is 2.17. The van der Waals surface area contributed by atoms with Gasteiger partial charge in [-0.2, -0.15) is 0 Å². The van der Waals surface area contributed by atoms with Crippen molar-refractivity contribution >= 4 is 17.9 Å². The van der Waals surface area contributed by atoms with Crippen LogP contribution in [0.1, 0.15) is 316 Å². The number of esters is 3. The molecule has 6 heteroatoms. The third-order valence-corrected chi connectivity index (χ3v) is 13.1. The topological polar surface area (TPSA) is 78.9 Å². The molecule has 0 unspecified atom stereocenters. The fraction of sp³-hybridized carbons (Fsp3) is 0.852. The summed E-state index contributed by atoms with van der Waals surface area (Å²) in [6, 6.07) is 0. The molecular weight excluding hydrogens is 829 g/mol. The van der Waals surface area contributed by atoms with Crippen LogP contribution in [-0.4, -0.2) is 37.2 Å². The predicted molar refractivity (Wildman–Crippen MR) is 289 cm³/mol. The van der Waals surface area contributed by atoms with Crippen molar-refractivity contribution in [1.29, 1.82) is 0 Å². The first-order chi connectivity index (χ1) is 33.0. The second-order valence-electron chi connectivity index (χ2n) is 19.9. The molecular formula is C61H112O6. The van der Waals surface area contributed by atoms with Crippen molar-refractivity contribution in [3.8, 4) is 0 Å². The fourth-order valence-electron chi connectivity index (χ4n) is 8.65. The third kappa shape index (κ3) is 54.4. The molecule has 0 aromatic heterocycles. The van der Waals surface area contributed by atoms with E-state index in [2.05, 4.69) is 57.2 Å². The summed E-state index contributed by atoms with van der Waals surface area (Å²) in [6.07, 6.45) is 67.0. The molecule has 0 aliphatic rings. The zero-order valence-electron chi connectivity index (χ0n) is 44.9. The number of ether oxygens (including phenoxy) is 3. The highest BCUT2D eigenvalue weighted by molar-refractivity contribution is 5.71. The number of carbonyl (C=O) groups excluding carboxylic acids is 3. The molecule has 0 aliphatic heterocycles. The highest BCUT2D eigenvalue weighted by atomic mass is 16.6. The largest absolute Gasteiger partial charge is 0.462 e. The summed E-state index contributed by atoms with van der Waals surface area (Å²) < 4.78 is 16.9. The van der Waals surface area contributed by atoms with Crippen molar-refractivity contribution in [1.82, 2.24) is 0 Å². The molecule has 0 heterocycles. The summed E-state index contributed by atoms with van der Waals surface area (Å²) in [5.74, 6) is -0.867. The molecule has 0 bridgehead atoms. The molecule has 0 spiro atoms. The molecule has 392 valence electrons. The molecule has 6 nitrogen and oxygen atoms in total. The van der Waals surface area contributed by atoms with Crippen molar-refractivity contribution in [3.63, 3.8) is 0 Å². The zero-order chi connectivity index (χ0) is 48.6. The molecule has 67 heavy (non-hydrogen) atoms. The van der Waals surface area contributed by atoms with Crippen molar-refractivity contribution in [2.45, 2.75) is 322 Å². The second-order valence-corrected chi connectivity index (χ2v) is 19.9. The van der Waals surface area contributed by atoms with Gasteiger partial charge in [-0.15, -0.1) is 0 Å². The van der Waals surface area contributed by atoms with Crippen LogP contribution in [-0.2, 0) is 28.6 Å². The fourth-order valence-corrected chi connectivity index (χ4v) is 8.65. The van der Waals surface area contributed by atoms with E-state index in [4.69, 9.17) is 14.2 Å². The molecule has 1 atom stereocenters. The minimum Gasteiger partial charge on any atom is -0.462 e. The summed E-state index contributed by atoms with van der Waals surface area (Å²) in [4.78, 5) is 38.2. The Morgan fingerprint density at radius 3 is 0.881 bits per heavy atom. The van der Waals surface area contributed by atoms with Crippen LogP contribution in [0.15, 0.2) is 36.5 Å². The van der Waals surface area contributed by atoms with Crippen molar-refractivity contribution < 1.29 is 28.6 Å². The maximum atomic E-state index is 12.9. The molecule has 0 N–H and O–H groups in total. The predicted octanol–water partition coefficient (Wildman–Crippen LogP) is 19.7. The van der Waals surface area contributed by atoms with E-state index < -0.39 is 6.10 Å². The molecule has 0 aromatic rings. The van der Waals surface area contributed by atoms with E-state index in [0.717, 1.165) is 70.6 Å². The van der Waals surface area contributed by atoms with Gasteiger partial charge in [0.25, 0.3) is 0 Å². The normalized spacial score (nSPS) is 12.2. The lowest BCUT2D eigenvalue weighted by atomic mass is 10.0. The van der Waals surface area contributed by atoms with Gasteiger partial charge in [-0.25, -0.2) is 0 Å². The summed E-state index contributed by atoms with van der Waals surface area (Å²) in [5, 5.41) is 0. The molecule has 0 fully saturated rings. The van der Waals surface area contributed by atoms with Crippen LogP contribution in [0.25, 0.3) is 0 Å². The summed E-state index contributed by atoms with van der Waals surface area (Å²) in [7, 11) is 0. The first-order valence-electron chi connectivity index (χ1n) is 29.5. The molecule has 0 saturated carbocycles. The Morgan fingerprint density at radius 2 is 0.537 bits per heavy atom. The van der Waals surface area contributed by atoms with Gasteiger partial charge in [0.05, 0.1) is 0 Å².